The average Bonchev–Trinajstić information content (AvgIpc) is 1.90. The number of allylic oxidation sites excluding steroid dienone is 1. The van der Waals surface area contributed by atoms with Gasteiger partial charge in [-0.2, -0.15) is 0 Å². The summed E-state index contributed by atoms with van der Waals surface area (Å²) in [5, 5.41) is 0. The molecular weight excluding hydrogens is 116 g/mol. The van der Waals surface area contributed by atoms with Gasteiger partial charge in [0, 0.05) is 7.11 Å². The molecule has 0 saturated carbocycles. The second kappa shape index (κ2) is 4.39. The Hall–Kier alpha value is -0.500. The SMILES string of the molecule is C/C=C(/OC)C(C)OC. The molecule has 2 heteroatoms. The van der Waals surface area contributed by atoms with Crippen molar-refractivity contribution in [3.8, 4) is 0 Å². The Morgan fingerprint density at radius 3 is 2.11 bits per heavy atom. The highest BCUT2D eigenvalue weighted by atomic mass is 16.5. The molecule has 0 heterocycles. The first-order valence-electron chi connectivity index (χ1n) is 2.99. The molecule has 0 aromatic carbocycles. The summed E-state index contributed by atoms with van der Waals surface area (Å²) >= 11 is 0. The lowest BCUT2D eigenvalue weighted by molar-refractivity contribution is 0.0913. The van der Waals surface area contributed by atoms with Gasteiger partial charge < -0.3 is 9.47 Å². The van der Waals surface area contributed by atoms with Gasteiger partial charge in [-0.3, -0.25) is 0 Å². The third-order valence-electron chi connectivity index (χ3n) is 1.27. The van der Waals surface area contributed by atoms with Gasteiger partial charge in [0.15, 0.2) is 0 Å². The van der Waals surface area contributed by atoms with Crippen molar-refractivity contribution in [3.63, 3.8) is 0 Å². The molecule has 2 nitrogen and oxygen atoms in total. The minimum atomic E-state index is 0.0694. The van der Waals surface area contributed by atoms with Gasteiger partial charge in [0.2, 0.25) is 0 Å². The quantitative estimate of drug-likeness (QED) is 0.540. The van der Waals surface area contributed by atoms with Crippen LogP contribution >= 0.6 is 0 Å². The van der Waals surface area contributed by atoms with E-state index in [4.69, 9.17) is 9.47 Å². The monoisotopic (exact) mass is 130 g/mol. The number of rotatable bonds is 3. The fourth-order valence-corrected chi connectivity index (χ4v) is 0.635. The standard InChI is InChI=1S/C7H14O2/c1-5-7(9-4)6(2)8-3/h5-6H,1-4H3/b7-5+. The highest BCUT2D eigenvalue weighted by Gasteiger charge is 2.03. The summed E-state index contributed by atoms with van der Waals surface area (Å²) in [5.74, 6) is 0.873. The predicted molar refractivity (Wildman–Crippen MR) is 37.2 cm³/mol. The van der Waals surface area contributed by atoms with E-state index >= 15 is 0 Å². The Labute approximate surface area is 56.5 Å². The topological polar surface area (TPSA) is 18.5 Å². The molecule has 1 atom stereocenters. The maximum atomic E-state index is 5.00. The van der Waals surface area contributed by atoms with Gasteiger partial charge in [0.25, 0.3) is 0 Å². The summed E-state index contributed by atoms with van der Waals surface area (Å²) < 4.78 is 9.99. The van der Waals surface area contributed by atoms with Crippen LogP contribution in [0.15, 0.2) is 11.8 Å². The van der Waals surface area contributed by atoms with E-state index in [1.807, 2.05) is 19.9 Å². The van der Waals surface area contributed by atoms with Gasteiger partial charge >= 0.3 is 0 Å². The summed E-state index contributed by atoms with van der Waals surface area (Å²) in [7, 11) is 3.30. The van der Waals surface area contributed by atoms with Gasteiger partial charge in [-0.15, -0.1) is 0 Å². The van der Waals surface area contributed by atoms with Crippen LogP contribution in [0, 0.1) is 0 Å². The van der Waals surface area contributed by atoms with E-state index in [2.05, 4.69) is 0 Å². The predicted octanol–water partition coefficient (Wildman–Crippen LogP) is 1.57. The molecule has 0 N–H and O–H groups in total. The molecule has 0 rings (SSSR count). The minimum absolute atomic E-state index is 0.0694. The molecule has 54 valence electrons. The Kier molecular flexibility index (Phi) is 4.14. The van der Waals surface area contributed by atoms with Crippen LogP contribution in [-0.2, 0) is 9.47 Å². The molecular formula is C7H14O2. The van der Waals surface area contributed by atoms with Gasteiger partial charge in [-0.05, 0) is 19.9 Å². The average molecular weight is 130 g/mol. The zero-order valence-corrected chi connectivity index (χ0v) is 6.47. The number of ether oxygens (including phenoxy) is 2. The van der Waals surface area contributed by atoms with Crippen LogP contribution in [0.4, 0.5) is 0 Å². The molecule has 0 bridgehead atoms. The molecule has 0 aliphatic carbocycles. The molecule has 0 spiro atoms. The van der Waals surface area contributed by atoms with E-state index < -0.39 is 0 Å². The largest absolute Gasteiger partial charge is 0.499 e. The zero-order chi connectivity index (χ0) is 7.28. The van der Waals surface area contributed by atoms with Crippen molar-refractivity contribution in [2.24, 2.45) is 0 Å². The Balaban J connectivity index is 3.80. The molecule has 0 aliphatic rings. The highest BCUT2D eigenvalue weighted by Crippen LogP contribution is 2.04. The first-order chi connectivity index (χ1) is 4.26. The van der Waals surface area contributed by atoms with Crippen LogP contribution < -0.4 is 0 Å². The maximum absolute atomic E-state index is 5.00. The summed E-state index contributed by atoms with van der Waals surface area (Å²) in [6.45, 7) is 3.87. The smallest absolute Gasteiger partial charge is 0.120 e. The van der Waals surface area contributed by atoms with Crippen LogP contribution in [0.2, 0.25) is 0 Å². The minimum Gasteiger partial charge on any atom is -0.499 e. The van der Waals surface area contributed by atoms with E-state index in [1.54, 1.807) is 14.2 Å². The van der Waals surface area contributed by atoms with E-state index in [0.717, 1.165) is 5.76 Å². The van der Waals surface area contributed by atoms with Gasteiger partial charge in [0.1, 0.15) is 11.9 Å². The van der Waals surface area contributed by atoms with Crippen LogP contribution in [0.5, 0.6) is 0 Å². The molecule has 0 radical (unpaired) electrons. The Morgan fingerprint density at radius 1 is 1.44 bits per heavy atom. The van der Waals surface area contributed by atoms with E-state index in [0.29, 0.717) is 0 Å². The highest BCUT2D eigenvalue weighted by molar-refractivity contribution is 4.95. The van der Waals surface area contributed by atoms with Crippen molar-refractivity contribution in [3.05, 3.63) is 11.8 Å². The van der Waals surface area contributed by atoms with Crippen LogP contribution in [0.25, 0.3) is 0 Å². The molecule has 0 fully saturated rings. The third kappa shape index (κ3) is 2.51. The van der Waals surface area contributed by atoms with Crippen LogP contribution in [0.3, 0.4) is 0 Å². The fraction of sp³-hybridized carbons (Fsp3) is 0.714. The lowest BCUT2D eigenvalue weighted by atomic mass is 10.3. The van der Waals surface area contributed by atoms with Crippen LogP contribution in [-0.4, -0.2) is 20.3 Å². The molecule has 0 saturated heterocycles. The lowest BCUT2D eigenvalue weighted by Gasteiger charge is -2.11. The molecule has 0 amide bonds. The molecule has 0 aromatic rings. The number of hydrogen-bond donors (Lipinski definition) is 0. The molecule has 0 aromatic heterocycles. The Bertz CT molecular complexity index is 97.1. The summed E-state index contributed by atoms with van der Waals surface area (Å²) in [6, 6.07) is 0. The van der Waals surface area contributed by atoms with Crippen molar-refractivity contribution in [2.45, 2.75) is 20.0 Å². The van der Waals surface area contributed by atoms with Crippen molar-refractivity contribution in [1.82, 2.24) is 0 Å². The lowest BCUT2D eigenvalue weighted by Crippen LogP contribution is -2.09. The normalized spacial score (nSPS) is 15.3. The first-order valence-corrected chi connectivity index (χ1v) is 2.99. The van der Waals surface area contributed by atoms with E-state index in [9.17, 15) is 0 Å². The van der Waals surface area contributed by atoms with Crippen molar-refractivity contribution in [2.75, 3.05) is 14.2 Å². The molecule has 0 aliphatic heterocycles. The number of methoxy groups -OCH3 is 2. The summed E-state index contributed by atoms with van der Waals surface area (Å²) in [6.07, 6.45) is 1.97. The summed E-state index contributed by atoms with van der Waals surface area (Å²) in [4.78, 5) is 0. The molecule has 1 unspecified atom stereocenters. The van der Waals surface area contributed by atoms with Gasteiger partial charge in [-0.25, -0.2) is 0 Å². The van der Waals surface area contributed by atoms with E-state index in [1.165, 1.54) is 0 Å². The van der Waals surface area contributed by atoms with Gasteiger partial charge in [0.05, 0.1) is 7.11 Å². The maximum Gasteiger partial charge on any atom is 0.120 e. The van der Waals surface area contributed by atoms with Crippen molar-refractivity contribution in [1.29, 1.82) is 0 Å². The molecule has 9 heavy (non-hydrogen) atoms. The zero-order valence-electron chi connectivity index (χ0n) is 6.47. The Morgan fingerprint density at radius 2 is 2.00 bits per heavy atom. The van der Waals surface area contributed by atoms with Crippen LogP contribution in [0.1, 0.15) is 13.8 Å². The van der Waals surface area contributed by atoms with Gasteiger partial charge in [-0.1, -0.05) is 0 Å². The first kappa shape index (κ1) is 8.50. The van der Waals surface area contributed by atoms with Crippen molar-refractivity contribution >= 4 is 0 Å². The summed E-state index contributed by atoms with van der Waals surface area (Å²) in [5.41, 5.74) is 0. The third-order valence-corrected chi connectivity index (χ3v) is 1.27. The van der Waals surface area contributed by atoms with Crippen molar-refractivity contribution < 1.29 is 9.47 Å². The fourth-order valence-electron chi connectivity index (χ4n) is 0.635. The number of hydrogen-bond acceptors (Lipinski definition) is 2. The van der Waals surface area contributed by atoms with E-state index in [-0.39, 0.29) is 6.10 Å². The second-order valence-corrected chi connectivity index (χ2v) is 1.77. The second-order valence-electron chi connectivity index (χ2n) is 1.77.